The fraction of sp³-hybridized carbons (Fsp3) is 0.333. The monoisotopic (exact) mass is 274 g/mol. The van der Waals surface area contributed by atoms with Gasteiger partial charge in [0.15, 0.2) is 0 Å². The number of nitrogens with zero attached hydrogens (tertiary/aromatic N) is 1. The van der Waals surface area contributed by atoms with E-state index in [1.807, 2.05) is 37.2 Å². The van der Waals surface area contributed by atoms with Crippen LogP contribution in [0.25, 0.3) is 0 Å². The third kappa shape index (κ3) is 3.13. The average Bonchev–Trinajstić information content (AvgIpc) is 2.26. The Morgan fingerprint density at radius 2 is 2.11 bits per heavy atom. The molecule has 1 aliphatic heterocycles. The summed E-state index contributed by atoms with van der Waals surface area (Å²) in [7, 11) is 3.82. The Morgan fingerprint density at radius 3 is 2.67 bits per heavy atom. The van der Waals surface area contributed by atoms with Crippen molar-refractivity contribution in [3.8, 4) is 0 Å². The molecule has 0 spiro atoms. The molecule has 18 heavy (non-hydrogen) atoms. The molecule has 0 saturated heterocycles. The summed E-state index contributed by atoms with van der Waals surface area (Å²) in [4.78, 5) is 24.4. The standard InChI is InChI=1S/C12H14N2O3.K.H/c1-14(2)8-4-3-7-5-9(12(16)17)11(15)13-10(7)6-8;;/h3-4,6,9H,5H2,1-2H3,(H,13,15)(H,16,17);;. The van der Waals surface area contributed by atoms with Gasteiger partial charge in [0.25, 0.3) is 0 Å². The van der Waals surface area contributed by atoms with E-state index in [1.165, 1.54) is 0 Å². The Morgan fingerprint density at radius 1 is 1.44 bits per heavy atom. The van der Waals surface area contributed by atoms with E-state index in [1.54, 1.807) is 0 Å². The number of nitrogens with one attached hydrogen (secondary N) is 1. The number of hydrogen-bond acceptors (Lipinski definition) is 3. The van der Waals surface area contributed by atoms with Gasteiger partial charge in [-0.15, -0.1) is 0 Å². The number of hydrogen-bond donors (Lipinski definition) is 2. The van der Waals surface area contributed by atoms with E-state index in [0.29, 0.717) is 5.69 Å². The Hall–Kier alpha value is -0.404. The molecule has 1 amide bonds. The van der Waals surface area contributed by atoms with Crippen LogP contribution in [0.5, 0.6) is 0 Å². The predicted octanol–water partition coefficient (Wildman–Crippen LogP) is 0.299. The van der Waals surface area contributed by atoms with Crippen molar-refractivity contribution in [1.82, 2.24) is 0 Å². The van der Waals surface area contributed by atoms with Crippen LogP contribution in [0, 0.1) is 5.92 Å². The van der Waals surface area contributed by atoms with Crippen LogP contribution in [0.4, 0.5) is 11.4 Å². The molecule has 92 valence electrons. The molecule has 1 aromatic rings. The number of carbonyl (C=O) groups is 2. The molecule has 0 aromatic heterocycles. The van der Waals surface area contributed by atoms with Gasteiger partial charge in [-0.25, -0.2) is 0 Å². The second kappa shape index (κ2) is 6.16. The fourth-order valence-corrected chi connectivity index (χ4v) is 1.87. The van der Waals surface area contributed by atoms with E-state index in [0.717, 1.165) is 11.3 Å². The van der Waals surface area contributed by atoms with Crippen LogP contribution in [0.3, 0.4) is 0 Å². The van der Waals surface area contributed by atoms with Gasteiger partial charge in [0.2, 0.25) is 5.91 Å². The summed E-state index contributed by atoms with van der Waals surface area (Å²) < 4.78 is 0. The summed E-state index contributed by atoms with van der Waals surface area (Å²) in [5.74, 6) is -2.50. The SMILES string of the molecule is CN(C)c1ccc2c(c1)NC(=O)C(C(=O)O)C2.[KH]. The van der Waals surface area contributed by atoms with Crippen molar-refractivity contribution in [2.24, 2.45) is 5.92 Å². The molecule has 0 fully saturated rings. The normalized spacial score (nSPS) is 17.2. The number of rotatable bonds is 2. The van der Waals surface area contributed by atoms with Crippen molar-refractivity contribution >= 4 is 74.6 Å². The van der Waals surface area contributed by atoms with Crippen LogP contribution in [-0.4, -0.2) is 82.5 Å². The molecule has 2 N–H and O–H groups in total. The number of carboxylic acid groups (broad SMARTS) is 1. The van der Waals surface area contributed by atoms with E-state index >= 15 is 0 Å². The number of benzene rings is 1. The van der Waals surface area contributed by atoms with Crippen molar-refractivity contribution in [1.29, 1.82) is 0 Å². The van der Waals surface area contributed by atoms with Crippen LogP contribution >= 0.6 is 0 Å². The molecule has 1 aliphatic rings. The van der Waals surface area contributed by atoms with Gasteiger partial charge in [-0.1, -0.05) is 6.07 Å². The third-order valence-electron chi connectivity index (χ3n) is 2.91. The molecule has 0 radical (unpaired) electrons. The van der Waals surface area contributed by atoms with Crippen LogP contribution in [0.2, 0.25) is 0 Å². The number of aliphatic carboxylic acids is 1. The molecule has 0 bridgehead atoms. The van der Waals surface area contributed by atoms with Gasteiger partial charge in [-0.05, 0) is 24.1 Å². The molecule has 1 aromatic carbocycles. The molecule has 1 unspecified atom stereocenters. The van der Waals surface area contributed by atoms with Crippen molar-refractivity contribution < 1.29 is 14.7 Å². The fourth-order valence-electron chi connectivity index (χ4n) is 1.87. The second-order valence-corrected chi connectivity index (χ2v) is 4.32. The maximum atomic E-state index is 11.6. The maximum absolute atomic E-state index is 11.6. The Bertz CT molecular complexity index is 488. The molecule has 6 heteroatoms. The Balaban J connectivity index is 0.00000162. The zero-order valence-corrected chi connectivity index (χ0v) is 9.73. The van der Waals surface area contributed by atoms with Gasteiger partial charge in [0.05, 0.1) is 0 Å². The molecule has 1 atom stereocenters. The zero-order valence-electron chi connectivity index (χ0n) is 9.73. The second-order valence-electron chi connectivity index (χ2n) is 4.32. The Kier molecular flexibility index (Phi) is 5.36. The first-order valence-corrected chi connectivity index (χ1v) is 5.33. The molecule has 1 heterocycles. The van der Waals surface area contributed by atoms with E-state index in [4.69, 9.17) is 5.11 Å². The quantitative estimate of drug-likeness (QED) is 0.601. The summed E-state index contributed by atoms with van der Waals surface area (Å²) in [6.07, 6.45) is 0.254. The van der Waals surface area contributed by atoms with Crippen molar-refractivity contribution in [2.45, 2.75) is 6.42 Å². The van der Waals surface area contributed by atoms with Gasteiger partial charge < -0.3 is 15.3 Å². The molecular formula is C12H15KN2O3. The van der Waals surface area contributed by atoms with Gasteiger partial charge >= 0.3 is 57.4 Å². The molecule has 0 saturated carbocycles. The van der Waals surface area contributed by atoms with E-state index in [-0.39, 0.29) is 57.8 Å². The minimum absolute atomic E-state index is 0. The number of fused-ring (bicyclic) bond motifs is 1. The van der Waals surface area contributed by atoms with E-state index in [9.17, 15) is 9.59 Å². The third-order valence-corrected chi connectivity index (χ3v) is 2.91. The van der Waals surface area contributed by atoms with E-state index in [2.05, 4.69) is 5.32 Å². The van der Waals surface area contributed by atoms with Crippen LogP contribution in [0.1, 0.15) is 5.56 Å². The van der Waals surface area contributed by atoms with Gasteiger partial charge in [0.1, 0.15) is 5.92 Å². The zero-order chi connectivity index (χ0) is 12.6. The summed E-state index contributed by atoms with van der Waals surface area (Å²) >= 11 is 0. The average molecular weight is 274 g/mol. The van der Waals surface area contributed by atoms with Gasteiger partial charge in [-0.3, -0.25) is 9.59 Å². The van der Waals surface area contributed by atoms with Crippen LogP contribution in [-0.2, 0) is 16.0 Å². The first kappa shape index (κ1) is 15.7. The summed E-state index contributed by atoms with van der Waals surface area (Å²) in [6.45, 7) is 0. The topological polar surface area (TPSA) is 69.6 Å². The summed E-state index contributed by atoms with van der Waals surface area (Å²) in [6, 6.07) is 5.63. The molecular weight excluding hydrogens is 259 g/mol. The number of anilines is 2. The number of carboxylic acids is 1. The van der Waals surface area contributed by atoms with Crippen LogP contribution < -0.4 is 10.2 Å². The minimum atomic E-state index is -1.08. The molecule has 0 aliphatic carbocycles. The summed E-state index contributed by atoms with van der Waals surface area (Å²) in [5.41, 5.74) is 2.54. The van der Waals surface area contributed by atoms with Crippen molar-refractivity contribution in [3.63, 3.8) is 0 Å². The van der Waals surface area contributed by atoms with Gasteiger partial charge in [-0.2, -0.15) is 0 Å². The first-order chi connectivity index (χ1) is 7.99. The van der Waals surface area contributed by atoms with Gasteiger partial charge in [0, 0.05) is 25.5 Å². The van der Waals surface area contributed by atoms with Crippen molar-refractivity contribution in [3.05, 3.63) is 23.8 Å². The molecule has 5 nitrogen and oxygen atoms in total. The number of carbonyl (C=O) groups excluding carboxylic acids is 1. The van der Waals surface area contributed by atoms with Crippen molar-refractivity contribution in [2.75, 3.05) is 24.3 Å². The molecule has 2 rings (SSSR count). The van der Waals surface area contributed by atoms with E-state index < -0.39 is 17.8 Å². The first-order valence-electron chi connectivity index (χ1n) is 5.33. The Labute approximate surface area is 148 Å². The number of amides is 1. The van der Waals surface area contributed by atoms with Crippen LogP contribution in [0.15, 0.2) is 18.2 Å². The summed E-state index contributed by atoms with van der Waals surface area (Å²) in [5, 5.41) is 11.5. The predicted molar refractivity (Wildman–Crippen MR) is 71.4 cm³/mol.